The average molecular weight is 145 g/mol. The molecule has 60 valence electrons. The van der Waals surface area contributed by atoms with E-state index < -0.39 is 12.0 Å². The summed E-state index contributed by atoms with van der Waals surface area (Å²) in [5.41, 5.74) is 0. The van der Waals surface area contributed by atoms with Crippen LogP contribution in [0.4, 0.5) is 0 Å². The summed E-state index contributed by atoms with van der Waals surface area (Å²) in [6.07, 6.45) is 0.887. The molecule has 0 spiro atoms. The predicted molar refractivity (Wildman–Crippen MR) is 39.9 cm³/mol. The van der Waals surface area contributed by atoms with Crippen molar-refractivity contribution in [3.63, 3.8) is 0 Å². The summed E-state index contributed by atoms with van der Waals surface area (Å²) in [6, 6.07) is -0.398. The third-order valence-electron chi connectivity index (χ3n) is 1.79. The second kappa shape index (κ2) is 4.28. The molecule has 0 aliphatic carbocycles. The fourth-order valence-corrected chi connectivity index (χ4v) is 0.887. The molecule has 0 amide bonds. The van der Waals surface area contributed by atoms with Crippen LogP contribution in [-0.2, 0) is 4.79 Å². The van der Waals surface area contributed by atoms with Gasteiger partial charge < -0.3 is 10.4 Å². The molecule has 0 aromatic heterocycles. The zero-order valence-electron chi connectivity index (χ0n) is 6.72. The van der Waals surface area contributed by atoms with Crippen molar-refractivity contribution in [2.24, 2.45) is 5.92 Å². The van der Waals surface area contributed by atoms with Crippen LogP contribution in [-0.4, -0.2) is 24.2 Å². The third-order valence-corrected chi connectivity index (χ3v) is 1.79. The van der Waals surface area contributed by atoms with E-state index in [9.17, 15) is 4.79 Å². The highest BCUT2D eigenvalue weighted by molar-refractivity contribution is 5.73. The van der Waals surface area contributed by atoms with Crippen LogP contribution in [0.3, 0.4) is 0 Å². The second-order valence-corrected chi connectivity index (χ2v) is 2.49. The number of rotatable bonds is 4. The van der Waals surface area contributed by atoms with Gasteiger partial charge in [-0.3, -0.25) is 4.79 Å². The van der Waals surface area contributed by atoms with E-state index in [-0.39, 0.29) is 5.92 Å². The average Bonchev–Trinajstić information content (AvgIpc) is 1.88. The number of likely N-dealkylation sites (N-methyl/N-ethyl adjacent to an activating group) is 1. The molecule has 10 heavy (non-hydrogen) atoms. The number of nitrogens with one attached hydrogen (secondary N) is 1. The van der Waals surface area contributed by atoms with E-state index in [0.29, 0.717) is 0 Å². The van der Waals surface area contributed by atoms with Crippen LogP contribution in [0.1, 0.15) is 20.3 Å². The summed E-state index contributed by atoms with van der Waals surface area (Å²) in [7, 11) is 1.67. The molecule has 0 aliphatic heterocycles. The van der Waals surface area contributed by atoms with E-state index in [0.717, 1.165) is 6.42 Å². The van der Waals surface area contributed by atoms with Crippen molar-refractivity contribution < 1.29 is 9.90 Å². The van der Waals surface area contributed by atoms with E-state index in [1.54, 1.807) is 7.05 Å². The monoisotopic (exact) mass is 145 g/mol. The first-order valence-electron chi connectivity index (χ1n) is 3.53. The SMILES string of the molecule is CCC(C)[C@@H](NC)C(=O)O. The lowest BCUT2D eigenvalue weighted by Crippen LogP contribution is -2.39. The standard InChI is InChI=1S/C7H15NO2/c1-4-5(2)6(8-3)7(9)10/h5-6,8H,4H2,1-3H3,(H,9,10)/t5?,6-/m1/s1. The molecule has 3 nitrogen and oxygen atoms in total. The molecule has 0 fully saturated rings. The summed E-state index contributed by atoms with van der Waals surface area (Å²) in [5, 5.41) is 11.4. The maximum atomic E-state index is 10.5. The first kappa shape index (κ1) is 9.43. The summed E-state index contributed by atoms with van der Waals surface area (Å²) in [5.74, 6) is -0.570. The van der Waals surface area contributed by atoms with Gasteiger partial charge in [0.2, 0.25) is 0 Å². The third kappa shape index (κ3) is 2.35. The molecule has 2 N–H and O–H groups in total. The lowest BCUT2D eigenvalue weighted by Gasteiger charge is -2.16. The zero-order chi connectivity index (χ0) is 8.15. The van der Waals surface area contributed by atoms with E-state index in [4.69, 9.17) is 5.11 Å². The van der Waals surface area contributed by atoms with Crippen molar-refractivity contribution in [2.75, 3.05) is 7.05 Å². The van der Waals surface area contributed by atoms with Crippen LogP contribution in [0.2, 0.25) is 0 Å². The van der Waals surface area contributed by atoms with Crippen LogP contribution < -0.4 is 5.32 Å². The molecule has 0 aliphatic rings. The molecule has 1 unspecified atom stereocenters. The maximum Gasteiger partial charge on any atom is 0.320 e. The summed E-state index contributed by atoms with van der Waals surface area (Å²) >= 11 is 0. The minimum atomic E-state index is -0.767. The first-order valence-corrected chi connectivity index (χ1v) is 3.53. The second-order valence-electron chi connectivity index (χ2n) is 2.49. The smallest absolute Gasteiger partial charge is 0.320 e. The maximum absolute atomic E-state index is 10.5. The number of carboxylic acid groups (broad SMARTS) is 1. The van der Waals surface area contributed by atoms with Crippen molar-refractivity contribution in [1.29, 1.82) is 0 Å². The van der Waals surface area contributed by atoms with Crippen molar-refractivity contribution in [3.8, 4) is 0 Å². The number of carbonyl (C=O) groups is 1. The number of aliphatic carboxylic acids is 1. The fraction of sp³-hybridized carbons (Fsp3) is 0.857. The predicted octanol–water partition coefficient (Wildman–Crippen LogP) is 0.705. The molecule has 3 heteroatoms. The first-order chi connectivity index (χ1) is 4.63. The van der Waals surface area contributed by atoms with E-state index in [1.807, 2.05) is 13.8 Å². The van der Waals surface area contributed by atoms with Crippen LogP contribution in [0.5, 0.6) is 0 Å². The molecule has 2 atom stereocenters. The van der Waals surface area contributed by atoms with Gasteiger partial charge in [0.05, 0.1) is 0 Å². The number of hydrogen-bond acceptors (Lipinski definition) is 2. The Bertz CT molecular complexity index is 114. The van der Waals surface area contributed by atoms with E-state index in [1.165, 1.54) is 0 Å². The Kier molecular flexibility index (Phi) is 4.03. The minimum absolute atomic E-state index is 0.197. The molecular formula is C7H15NO2. The number of carboxylic acids is 1. The Balaban J connectivity index is 3.92. The molecule has 0 saturated carbocycles. The van der Waals surface area contributed by atoms with Crippen LogP contribution in [0, 0.1) is 5.92 Å². The van der Waals surface area contributed by atoms with Gasteiger partial charge in [0.25, 0.3) is 0 Å². The molecule has 0 rings (SSSR count). The fourth-order valence-electron chi connectivity index (χ4n) is 0.887. The van der Waals surface area contributed by atoms with Gasteiger partial charge in [0.15, 0.2) is 0 Å². The number of hydrogen-bond donors (Lipinski definition) is 2. The van der Waals surface area contributed by atoms with Crippen LogP contribution in [0.25, 0.3) is 0 Å². The van der Waals surface area contributed by atoms with Crippen molar-refractivity contribution >= 4 is 5.97 Å². The topological polar surface area (TPSA) is 49.3 Å². The molecular weight excluding hydrogens is 130 g/mol. The molecule has 0 bridgehead atoms. The van der Waals surface area contributed by atoms with Gasteiger partial charge in [0, 0.05) is 0 Å². The molecule has 0 heterocycles. The van der Waals surface area contributed by atoms with Crippen LogP contribution >= 0.6 is 0 Å². The zero-order valence-corrected chi connectivity index (χ0v) is 6.72. The largest absolute Gasteiger partial charge is 0.480 e. The van der Waals surface area contributed by atoms with Crippen molar-refractivity contribution in [1.82, 2.24) is 5.32 Å². The summed E-state index contributed by atoms with van der Waals surface area (Å²) < 4.78 is 0. The molecule has 0 aromatic carbocycles. The normalized spacial score (nSPS) is 16.3. The highest BCUT2D eigenvalue weighted by atomic mass is 16.4. The van der Waals surface area contributed by atoms with Crippen LogP contribution in [0.15, 0.2) is 0 Å². The van der Waals surface area contributed by atoms with Gasteiger partial charge in [-0.05, 0) is 13.0 Å². The highest BCUT2D eigenvalue weighted by Crippen LogP contribution is 2.06. The minimum Gasteiger partial charge on any atom is -0.480 e. The molecule has 0 radical (unpaired) electrons. The van der Waals surface area contributed by atoms with Gasteiger partial charge >= 0.3 is 5.97 Å². The van der Waals surface area contributed by atoms with Crippen molar-refractivity contribution in [2.45, 2.75) is 26.3 Å². The lowest BCUT2D eigenvalue weighted by molar-refractivity contribution is -0.140. The van der Waals surface area contributed by atoms with Gasteiger partial charge in [-0.2, -0.15) is 0 Å². The molecule has 0 saturated heterocycles. The van der Waals surface area contributed by atoms with Gasteiger partial charge in [-0.1, -0.05) is 20.3 Å². The van der Waals surface area contributed by atoms with Crippen molar-refractivity contribution in [3.05, 3.63) is 0 Å². The Morgan fingerprint density at radius 2 is 2.20 bits per heavy atom. The quantitative estimate of drug-likeness (QED) is 0.612. The molecule has 0 aromatic rings. The Morgan fingerprint density at radius 3 is 2.30 bits per heavy atom. The highest BCUT2D eigenvalue weighted by Gasteiger charge is 2.20. The van der Waals surface area contributed by atoms with E-state index in [2.05, 4.69) is 5.32 Å². The lowest BCUT2D eigenvalue weighted by atomic mass is 10.00. The Hall–Kier alpha value is -0.570. The summed E-state index contributed by atoms with van der Waals surface area (Å²) in [4.78, 5) is 10.5. The Labute approximate surface area is 61.4 Å². The van der Waals surface area contributed by atoms with E-state index >= 15 is 0 Å². The van der Waals surface area contributed by atoms with Gasteiger partial charge in [-0.15, -0.1) is 0 Å². The summed E-state index contributed by atoms with van der Waals surface area (Å²) in [6.45, 7) is 3.91. The van der Waals surface area contributed by atoms with Gasteiger partial charge in [0.1, 0.15) is 6.04 Å². The van der Waals surface area contributed by atoms with Gasteiger partial charge in [-0.25, -0.2) is 0 Å². The Morgan fingerprint density at radius 1 is 1.70 bits per heavy atom.